The maximum absolute atomic E-state index is 11.0. The molecule has 1 aromatic carbocycles. The van der Waals surface area contributed by atoms with Gasteiger partial charge in [0.2, 0.25) is 0 Å². The first-order valence-corrected chi connectivity index (χ1v) is 6.03. The molecule has 0 radical (unpaired) electrons. The van der Waals surface area contributed by atoms with Gasteiger partial charge >= 0.3 is 5.97 Å². The summed E-state index contributed by atoms with van der Waals surface area (Å²) in [6, 6.07) is 7.00. The molecule has 0 atom stereocenters. The zero-order valence-corrected chi connectivity index (χ0v) is 10.7. The number of aryl methyl sites for hydroxylation is 1. The number of nitrogens with zero attached hydrogens (tertiary/aromatic N) is 3. The van der Waals surface area contributed by atoms with Crippen molar-refractivity contribution >= 4 is 5.97 Å². The molecule has 0 aliphatic heterocycles. The van der Waals surface area contributed by atoms with Crippen LogP contribution in [0.5, 0.6) is 0 Å². The maximum atomic E-state index is 11.0. The van der Waals surface area contributed by atoms with E-state index in [0.717, 1.165) is 24.4 Å². The fourth-order valence-corrected chi connectivity index (χ4v) is 1.84. The molecule has 0 saturated carbocycles. The molecule has 2 aromatic rings. The number of hydrogen-bond acceptors (Lipinski definition) is 4. The zero-order valence-electron chi connectivity index (χ0n) is 10.7. The van der Waals surface area contributed by atoms with Crippen LogP contribution in [0.1, 0.15) is 21.7 Å². The standard InChI is InChI=1S/C13H16N4O2/c1-17-9-15-16-12(17)6-7-14-8-10-4-2-3-5-11(10)13(18)19/h2-5,9,14H,6-8H2,1H3,(H,18,19). The van der Waals surface area contributed by atoms with Crippen molar-refractivity contribution in [2.75, 3.05) is 6.54 Å². The fraction of sp³-hybridized carbons (Fsp3) is 0.308. The lowest BCUT2D eigenvalue weighted by atomic mass is 10.1. The van der Waals surface area contributed by atoms with Gasteiger partial charge in [0.25, 0.3) is 0 Å². The summed E-state index contributed by atoms with van der Waals surface area (Å²) in [5.41, 5.74) is 1.13. The van der Waals surface area contributed by atoms with Crippen LogP contribution in [0.25, 0.3) is 0 Å². The summed E-state index contributed by atoms with van der Waals surface area (Å²) in [4.78, 5) is 11.0. The molecular formula is C13H16N4O2. The monoisotopic (exact) mass is 260 g/mol. The highest BCUT2D eigenvalue weighted by Crippen LogP contribution is 2.08. The Kier molecular flexibility index (Phi) is 4.25. The van der Waals surface area contributed by atoms with Gasteiger partial charge in [-0.3, -0.25) is 0 Å². The van der Waals surface area contributed by atoms with Crippen LogP contribution in [-0.2, 0) is 20.0 Å². The van der Waals surface area contributed by atoms with Crippen LogP contribution in [0.3, 0.4) is 0 Å². The molecule has 100 valence electrons. The lowest BCUT2D eigenvalue weighted by Crippen LogP contribution is -2.19. The molecule has 0 aliphatic rings. The molecule has 1 aromatic heterocycles. The topological polar surface area (TPSA) is 80.0 Å². The van der Waals surface area contributed by atoms with Gasteiger partial charge in [-0.05, 0) is 11.6 Å². The molecule has 2 rings (SSSR count). The molecule has 0 bridgehead atoms. The Bertz CT molecular complexity index is 565. The molecule has 6 nitrogen and oxygen atoms in total. The van der Waals surface area contributed by atoms with E-state index in [4.69, 9.17) is 5.11 Å². The highest BCUT2D eigenvalue weighted by molar-refractivity contribution is 5.89. The number of hydrogen-bond donors (Lipinski definition) is 2. The average molecular weight is 260 g/mol. The van der Waals surface area contributed by atoms with E-state index in [1.807, 2.05) is 23.7 Å². The predicted octanol–water partition coefficient (Wildman–Crippen LogP) is 0.846. The molecule has 6 heteroatoms. The van der Waals surface area contributed by atoms with E-state index in [9.17, 15) is 4.79 Å². The van der Waals surface area contributed by atoms with Crippen LogP contribution < -0.4 is 5.32 Å². The molecular weight excluding hydrogens is 244 g/mol. The molecule has 0 aliphatic carbocycles. The molecule has 0 fully saturated rings. The third-order valence-electron chi connectivity index (χ3n) is 2.89. The zero-order chi connectivity index (χ0) is 13.7. The summed E-state index contributed by atoms with van der Waals surface area (Å²) in [6.07, 6.45) is 2.42. The molecule has 0 spiro atoms. The van der Waals surface area contributed by atoms with E-state index >= 15 is 0 Å². The van der Waals surface area contributed by atoms with Gasteiger partial charge in [0.15, 0.2) is 0 Å². The quantitative estimate of drug-likeness (QED) is 0.752. The lowest BCUT2D eigenvalue weighted by Gasteiger charge is -2.07. The van der Waals surface area contributed by atoms with Gasteiger partial charge in [0.05, 0.1) is 5.56 Å². The third-order valence-corrected chi connectivity index (χ3v) is 2.89. The van der Waals surface area contributed by atoms with Crippen molar-refractivity contribution in [2.24, 2.45) is 7.05 Å². The molecule has 0 unspecified atom stereocenters. The van der Waals surface area contributed by atoms with Crippen molar-refractivity contribution in [3.8, 4) is 0 Å². The predicted molar refractivity (Wildman–Crippen MR) is 69.8 cm³/mol. The SMILES string of the molecule is Cn1cnnc1CCNCc1ccccc1C(=O)O. The third kappa shape index (κ3) is 3.38. The molecule has 19 heavy (non-hydrogen) atoms. The second kappa shape index (κ2) is 6.10. The van der Waals surface area contributed by atoms with Gasteiger partial charge in [0, 0.05) is 26.6 Å². The largest absolute Gasteiger partial charge is 0.478 e. The molecule has 0 saturated heterocycles. The minimum absolute atomic E-state index is 0.341. The molecule has 2 N–H and O–H groups in total. The summed E-state index contributed by atoms with van der Waals surface area (Å²) >= 11 is 0. The van der Waals surface area contributed by atoms with E-state index in [-0.39, 0.29) is 0 Å². The van der Waals surface area contributed by atoms with Gasteiger partial charge in [-0.25, -0.2) is 4.79 Å². The number of carbonyl (C=O) groups is 1. The summed E-state index contributed by atoms with van der Waals surface area (Å²) < 4.78 is 1.87. The maximum Gasteiger partial charge on any atom is 0.336 e. The first kappa shape index (κ1) is 13.2. The summed E-state index contributed by atoms with van der Waals surface area (Å²) in [7, 11) is 1.90. The first-order chi connectivity index (χ1) is 9.18. The number of carboxylic acids is 1. The Morgan fingerprint density at radius 1 is 1.42 bits per heavy atom. The van der Waals surface area contributed by atoms with Gasteiger partial charge in [-0.1, -0.05) is 18.2 Å². The Balaban J connectivity index is 1.86. The number of nitrogens with one attached hydrogen (secondary N) is 1. The molecule has 0 amide bonds. The Labute approximate surface area is 111 Å². The second-order valence-electron chi connectivity index (χ2n) is 4.25. The van der Waals surface area contributed by atoms with Crippen LogP contribution in [0.2, 0.25) is 0 Å². The van der Waals surface area contributed by atoms with Crippen molar-refractivity contribution in [1.29, 1.82) is 0 Å². The van der Waals surface area contributed by atoms with Crippen molar-refractivity contribution in [3.05, 3.63) is 47.5 Å². The van der Waals surface area contributed by atoms with E-state index in [1.54, 1.807) is 18.5 Å². The normalized spacial score (nSPS) is 10.6. The van der Waals surface area contributed by atoms with Crippen molar-refractivity contribution in [2.45, 2.75) is 13.0 Å². The summed E-state index contributed by atoms with van der Waals surface area (Å²) in [5.74, 6) is 0.00437. The van der Waals surface area contributed by atoms with Crippen molar-refractivity contribution in [1.82, 2.24) is 20.1 Å². The lowest BCUT2D eigenvalue weighted by molar-refractivity contribution is 0.0695. The van der Waals surface area contributed by atoms with E-state index < -0.39 is 5.97 Å². The van der Waals surface area contributed by atoms with Crippen LogP contribution in [0.4, 0.5) is 0 Å². The average Bonchev–Trinajstić information content (AvgIpc) is 2.80. The van der Waals surface area contributed by atoms with Crippen LogP contribution >= 0.6 is 0 Å². The Morgan fingerprint density at radius 3 is 2.89 bits per heavy atom. The molecule has 1 heterocycles. The van der Waals surface area contributed by atoms with Crippen molar-refractivity contribution in [3.63, 3.8) is 0 Å². The number of carboxylic acid groups (broad SMARTS) is 1. The van der Waals surface area contributed by atoms with Gasteiger partial charge < -0.3 is 15.0 Å². The van der Waals surface area contributed by atoms with E-state index in [2.05, 4.69) is 15.5 Å². The number of aromatic nitrogens is 3. The second-order valence-corrected chi connectivity index (χ2v) is 4.25. The number of rotatable bonds is 6. The van der Waals surface area contributed by atoms with E-state index in [0.29, 0.717) is 12.1 Å². The summed E-state index contributed by atoms with van der Waals surface area (Å²) in [5, 5.41) is 20.1. The summed E-state index contributed by atoms with van der Waals surface area (Å²) in [6.45, 7) is 1.25. The smallest absolute Gasteiger partial charge is 0.336 e. The van der Waals surface area contributed by atoms with E-state index in [1.165, 1.54) is 0 Å². The Morgan fingerprint density at radius 2 is 2.21 bits per heavy atom. The van der Waals surface area contributed by atoms with Gasteiger partial charge in [0.1, 0.15) is 12.2 Å². The van der Waals surface area contributed by atoms with Crippen LogP contribution in [0, 0.1) is 0 Å². The van der Waals surface area contributed by atoms with Crippen LogP contribution in [0.15, 0.2) is 30.6 Å². The van der Waals surface area contributed by atoms with Crippen molar-refractivity contribution < 1.29 is 9.90 Å². The van der Waals surface area contributed by atoms with Crippen LogP contribution in [-0.4, -0.2) is 32.4 Å². The number of benzene rings is 1. The first-order valence-electron chi connectivity index (χ1n) is 6.03. The number of aromatic carboxylic acids is 1. The minimum atomic E-state index is -0.897. The fourth-order valence-electron chi connectivity index (χ4n) is 1.84. The Hall–Kier alpha value is -2.21. The van der Waals surface area contributed by atoms with Gasteiger partial charge in [-0.2, -0.15) is 0 Å². The van der Waals surface area contributed by atoms with Gasteiger partial charge in [-0.15, -0.1) is 10.2 Å². The highest BCUT2D eigenvalue weighted by Gasteiger charge is 2.08. The highest BCUT2D eigenvalue weighted by atomic mass is 16.4. The minimum Gasteiger partial charge on any atom is -0.478 e.